The molecule has 17 heavy (non-hydrogen) atoms. The van der Waals surface area contributed by atoms with Crippen LogP contribution in [0.3, 0.4) is 0 Å². The molecule has 0 N–H and O–H groups in total. The molecular formula is C16H21Cl. The van der Waals surface area contributed by atoms with E-state index in [1.54, 1.807) is 0 Å². The molecule has 0 aromatic heterocycles. The third-order valence-electron chi connectivity index (χ3n) is 4.92. The molecule has 92 valence electrons. The summed E-state index contributed by atoms with van der Waals surface area (Å²) in [7, 11) is 0. The normalized spacial score (nSPS) is 31.1. The lowest BCUT2D eigenvalue weighted by Gasteiger charge is -2.36. The molecule has 2 aliphatic rings. The van der Waals surface area contributed by atoms with Gasteiger partial charge in [0.1, 0.15) is 0 Å². The van der Waals surface area contributed by atoms with Gasteiger partial charge in [0.15, 0.2) is 0 Å². The summed E-state index contributed by atoms with van der Waals surface area (Å²) in [6.45, 7) is 0. The second-order valence-corrected chi connectivity index (χ2v) is 6.18. The zero-order chi connectivity index (χ0) is 11.7. The maximum absolute atomic E-state index is 6.32. The van der Waals surface area contributed by atoms with E-state index in [9.17, 15) is 0 Å². The van der Waals surface area contributed by atoms with Gasteiger partial charge < -0.3 is 0 Å². The molecular weight excluding hydrogens is 228 g/mol. The lowest BCUT2D eigenvalue weighted by molar-refractivity contribution is 0.181. The van der Waals surface area contributed by atoms with Crippen molar-refractivity contribution in [2.24, 2.45) is 11.3 Å². The highest BCUT2D eigenvalue weighted by Crippen LogP contribution is 2.61. The van der Waals surface area contributed by atoms with Crippen LogP contribution in [0.15, 0.2) is 30.3 Å². The van der Waals surface area contributed by atoms with Crippen molar-refractivity contribution in [3.05, 3.63) is 35.9 Å². The molecule has 0 amide bonds. The van der Waals surface area contributed by atoms with Crippen molar-refractivity contribution in [3.63, 3.8) is 0 Å². The predicted molar refractivity (Wildman–Crippen MR) is 73.5 cm³/mol. The second kappa shape index (κ2) is 4.65. The molecule has 0 radical (unpaired) electrons. The molecule has 2 fully saturated rings. The molecule has 2 unspecified atom stereocenters. The van der Waals surface area contributed by atoms with Gasteiger partial charge in [-0.1, -0.05) is 49.6 Å². The number of rotatable bonds is 3. The van der Waals surface area contributed by atoms with Crippen molar-refractivity contribution in [2.75, 3.05) is 5.88 Å². The summed E-state index contributed by atoms with van der Waals surface area (Å²) in [5.41, 5.74) is 2.01. The first-order valence-electron chi connectivity index (χ1n) is 6.97. The van der Waals surface area contributed by atoms with E-state index in [-0.39, 0.29) is 0 Å². The number of hydrogen-bond donors (Lipinski definition) is 0. The maximum Gasteiger partial charge on any atom is 0.0282 e. The van der Waals surface area contributed by atoms with Crippen molar-refractivity contribution in [2.45, 2.75) is 44.4 Å². The second-order valence-electron chi connectivity index (χ2n) is 5.92. The molecule has 0 aliphatic heterocycles. The summed E-state index contributed by atoms with van der Waals surface area (Å²) >= 11 is 6.32. The fourth-order valence-electron chi connectivity index (χ4n) is 3.80. The maximum atomic E-state index is 6.32. The molecule has 2 aliphatic carbocycles. The smallest absolute Gasteiger partial charge is 0.0282 e. The zero-order valence-electron chi connectivity index (χ0n) is 10.4. The van der Waals surface area contributed by atoms with E-state index in [1.807, 2.05) is 0 Å². The van der Waals surface area contributed by atoms with E-state index in [0.29, 0.717) is 5.41 Å². The first-order chi connectivity index (χ1) is 8.36. The molecule has 0 heterocycles. The van der Waals surface area contributed by atoms with Gasteiger partial charge >= 0.3 is 0 Å². The summed E-state index contributed by atoms with van der Waals surface area (Å²) in [6, 6.07) is 11.0. The van der Waals surface area contributed by atoms with Crippen molar-refractivity contribution >= 4 is 11.6 Å². The van der Waals surface area contributed by atoms with Crippen molar-refractivity contribution in [1.29, 1.82) is 0 Å². The minimum Gasteiger partial charge on any atom is -0.126 e. The molecule has 1 aromatic rings. The van der Waals surface area contributed by atoms with Crippen molar-refractivity contribution in [3.8, 4) is 0 Å². The number of benzene rings is 1. The van der Waals surface area contributed by atoms with Gasteiger partial charge in [-0.05, 0) is 42.1 Å². The number of hydrogen-bond acceptors (Lipinski definition) is 0. The Kier molecular flexibility index (Phi) is 3.17. The highest BCUT2D eigenvalue weighted by molar-refractivity contribution is 6.18. The molecule has 3 rings (SSSR count). The molecule has 0 spiro atoms. The van der Waals surface area contributed by atoms with Crippen LogP contribution in [-0.2, 0) is 0 Å². The van der Waals surface area contributed by atoms with Crippen molar-refractivity contribution in [1.82, 2.24) is 0 Å². The molecule has 1 heteroatoms. The minimum atomic E-state index is 0.473. The summed E-state index contributed by atoms with van der Waals surface area (Å²) in [5.74, 6) is 2.54. The lowest BCUT2D eigenvalue weighted by Crippen LogP contribution is -2.29. The highest BCUT2D eigenvalue weighted by atomic mass is 35.5. The topological polar surface area (TPSA) is 0 Å². The highest BCUT2D eigenvalue weighted by Gasteiger charge is 2.52. The van der Waals surface area contributed by atoms with E-state index in [4.69, 9.17) is 11.6 Å². The van der Waals surface area contributed by atoms with E-state index in [1.165, 1.54) is 44.1 Å². The predicted octanol–water partition coefficient (Wildman–Crippen LogP) is 4.98. The molecule has 0 saturated heterocycles. The van der Waals surface area contributed by atoms with E-state index < -0.39 is 0 Å². The summed E-state index contributed by atoms with van der Waals surface area (Å²) in [4.78, 5) is 0. The number of alkyl halides is 1. The number of halogens is 1. The third kappa shape index (κ3) is 2.12. The lowest BCUT2D eigenvalue weighted by atomic mass is 9.71. The van der Waals surface area contributed by atoms with Gasteiger partial charge in [0.05, 0.1) is 0 Å². The Balaban J connectivity index is 1.74. The summed E-state index contributed by atoms with van der Waals surface area (Å²) in [6.07, 6.45) is 8.31. The van der Waals surface area contributed by atoms with Crippen LogP contribution in [0.2, 0.25) is 0 Å². The average molecular weight is 249 g/mol. The van der Waals surface area contributed by atoms with E-state index >= 15 is 0 Å². The molecule has 0 bridgehead atoms. The van der Waals surface area contributed by atoms with Crippen LogP contribution in [0.5, 0.6) is 0 Å². The SMILES string of the molecule is ClCC1(C2CC2c2ccccc2)CCCCC1. The van der Waals surface area contributed by atoms with E-state index in [2.05, 4.69) is 30.3 Å². The third-order valence-corrected chi connectivity index (χ3v) is 5.45. The van der Waals surface area contributed by atoms with Gasteiger partial charge in [0.25, 0.3) is 0 Å². The monoisotopic (exact) mass is 248 g/mol. The summed E-state index contributed by atoms with van der Waals surface area (Å²) < 4.78 is 0. The first kappa shape index (κ1) is 11.6. The van der Waals surface area contributed by atoms with Gasteiger partial charge in [-0.2, -0.15) is 0 Å². The van der Waals surface area contributed by atoms with Crippen LogP contribution in [0.1, 0.15) is 50.0 Å². The standard InChI is InChI=1S/C16H21Cl/c17-12-16(9-5-2-6-10-16)15-11-14(15)13-7-3-1-4-8-13/h1,3-4,7-8,14-15H,2,5-6,9-12H2. The largest absolute Gasteiger partial charge is 0.126 e. The van der Waals surface area contributed by atoms with Crippen LogP contribution < -0.4 is 0 Å². The van der Waals surface area contributed by atoms with E-state index in [0.717, 1.165) is 17.7 Å². The molecule has 1 aromatic carbocycles. The van der Waals surface area contributed by atoms with Crippen molar-refractivity contribution < 1.29 is 0 Å². The van der Waals surface area contributed by atoms with Crippen LogP contribution in [0.4, 0.5) is 0 Å². The van der Waals surface area contributed by atoms with Gasteiger partial charge in [0.2, 0.25) is 0 Å². The minimum absolute atomic E-state index is 0.473. The van der Waals surface area contributed by atoms with Gasteiger partial charge in [-0.25, -0.2) is 0 Å². The molecule has 0 nitrogen and oxygen atoms in total. The summed E-state index contributed by atoms with van der Waals surface area (Å²) in [5, 5.41) is 0. The van der Waals surface area contributed by atoms with Crippen LogP contribution in [0, 0.1) is 11.3 Å². The quantitative estimate of drug-likeness (QED) is 0.662. The Morgan fingerprint density at radius 1 is 1.06 bits per heavy atom. The van der Waals surface area contributed by atoms with Crippen LogP contribution in [0.25, 0.3) is 0 Å². The fraction of sp³-hybridized carbons (Fsp3) is 0.625. The Morgan fingerprint density at radius 3 is 2.41 bits per heavy atom. The van der Waals surface area contributed by atoms with Gasteiger partial charge in [0, 0.05) is 5.88 Å². The Bertz CT molecular complexity index is 364. The van der Waals surface area contributed by atoms with Crippen LogP contribution in [-0.4, -0.2) is 5.88 Å². The van der Waals surface area contributed by atoms with Gasteiger partial charge in [-0.15, -0.1) is 11.6 Å². The zero-order valence-corrected chi connectivity index (χ0v) is 11.1. The van der Waals surface area contributed by atoms with Gasteiger partial charge in [-0.3, -0.25) is 0 Å². The fourth-order valence-corrected chi connectivity index (χ4v) is 4.27. The Labute approximate surface area is 109 Å². The molecule has 2 atom stereocenters. The Hall–Kier alpha value is -0.490. The first-order valence-corrected chi connectivity index (χ1v) is 7.50. The average Bonchev–Trinajstić information content (AvgIpc) is 3.21. The Morgan fingerprint density at radius 2 is 1.76 bits per heavy atom. The van der Waals surface area contributed by atoms with Crippen LogP contribution >= 0.6 is 11.6 Å². The molecule has 2 saturated carbocycles.